The van der Waals surface area contributed by atoms with Gasteiger partial charge in [-0.05, 0) is 14.0 Å². The zero-order valence-corrected chi connectivity index (χ0v) is 13.6. The lowest BCUT2D eigenvalue weighted by Gasteiger charge is -2.31. The maximum atomic E-state index is 12.2. The lowest BCUT2D eigenvalue weighted by atomic mass is 10.2. The smallest absolute Gasteiger partial charge is 0.390 e. The third kappa shape index (κ3) is 3.28. The number of likely N-dealkylation sites (N-methyl/N-ethyl adjacent to an activating group) is 1. The van der Waals surface area contributed by atoms with Crippen LogP contribution in [-0.2, 0) is 0 Å². The van der Waals surface area contributed by atoms with Crippen molar-refractivity contribution in [3.63, 3.8) is 0 Å². The molecular formula is C16H19N3O2S. The highest BCUT2D eigenvalue weighted by atomic mass is 32.1. The minimum atomic E-state index is -0.305. The van der Waals surface area contributed by atoms with E-state index >= 15 is 0 Å². The van der Waals surface area contributed by atoms with Gasteiger partial charge in [-0.3, -0.25) is 0 Å². The van der Waals surface area contributed by atoms with E-state index in [9.17, 15) is 4.79 Å². The standard InChI is InChI=1S/C16H19N3O2S/c1-12-14(17-15(22-12)13-6-4-3-5-7-13)21-16(20)19-10-8-18(2)9-11-19/h3-7H,8-11H2,1-2H3. The van der Waals surface area contributed by atoms with Crippen molar-refractivity contribution in [1.29, 1.82) is 0 Å². The molecule has 0 N–H and O–H groups in total. The highest BCUT2D eigenvalue weighted by Crippen LogP contribution is 2.31. The van der Waals surface area contributed by atoms with Crippen LogP contribution in [0.4, 0.5) is 4.79 Å². The molecule has 5 nitrogen and oxygen atoms in total. The van der Waals surface area contributed by atoms with Crippen molar-refractivity contribution in [2.24, 2.45) is 0 Å². The molecule has 1 fully saturated rings. The summed E-state index contributed by atoms with van der Waals surface area (Å²) in [5.41, 5.74) is 1.04. The first-order chi connectivity index (χ1) is 10.6. The van der Waals surface area contributed by atoms with Gasteiger partial charge in [0.05, 0.1) is 4.88 Å². The maximum Gasteiger partial charge on any atom is 0.416 e. The number of aryl methyl sites for hydroxylation is 1. The predicted molar refractivity (Wildman–Crippen MR) is 87.4 cm³/mol. The normalized spacial score (nSPS) is 15.8. The fourth-order valence-electron chi connectivity index (χ4n) is 2.32. The third-order valence-corrected chi connectivity index (χ3v) is 4.72. The Bertz CT molecular complexity index is 649. The Morgan fingerprint density at radius 3 is 2.55 bits per heavy atom. The van der Waals surface area contributed by atoms with E-state index in [1.54, 1.807) is 16.2 Å². The van der Waals surface area contributed by atoms with Gasteiger partial charge < -0.3 is 14.5 Å². The number of amides is 1. The van der Waals surface area contributed by atoms with E-state index in [1.807, 2.05) is 37.3 Å². The first kappa shape index (κ1) is 15.0. The highest BCUT2D eigenvalue weighted by molar-refractivity contribution is 7.15. The lowest BCUT2D eigenvalue weighted by molar-refractivity contribution is 0.119. The molecule has 0 aliphatic carbocycles. The van der Waals surface area contributed by atoms with Gasteiger partial charge >= 0.3 is 6.09 Å². The highest BCUT2D eigenvalue weighted by Gasteiger charge is 2.22. The summed E-state index contributed by atoms with van der Waals surface area (Å²) in [5, 5.41) is 0.874. The Morgan fingerprint density at radius 2 is 1.86 bits per heavy atom. The summed E-state index contributed by atoms with van der Waals surface area (Å²) in [6, 6.07) is 9.93. The van der Waals surface area contributed by atoms with Crippen molar-refractivity contribution in [2.45, 2.75) is 6.92 Å². The summed E-state index contributed by atoms with van der Waals surface area (Å²) in [4.78, 5) is 21.5. The van der Waals surface area contributed by atoms with E-state index in [1.165, 1.54) is 0 Å². The molecule has 1 aliphatic heterocycles. The number of piperazine rings is 1. The van der Waals surface area contributed by atoms with E-state index in [2.05, 4.69) is 16.9 Å². The quantitative estimate of drug-likeness (QED) is 0.854. The maximum absolute atomic E-state index is 12.2. The van der Waals surface area contributed by atoms with Gasteiger partial charge in [0.15, 0.2) is 0 Å². The lowest BCUT2D eigenvalue weighted by Crippen LogP contribution is -2.48. The topological polar surface area (TPSA) is 45.7 Å². The third-order valence-electron chi connectivity index (χ3n) is 3.72. The van der Waals surface area contributed by atoms with E-state index < -0.39 is 0 Å². The van der Waals surface area contributed by atoms with E-state index in [0.717, 1.165) is 28.5 Å². The molecule has 1 saturated heterocycles. The van der Waals surface area contributed by atoms with Crippen molar-refractivity contribution < 1.29 is 9.53 Å². The summed E-state index contributed by atoms with van der Waals surface area (Å²) in [6.45, 7) is 5.08. The number of carbonyl (C=O) groups excluding carboxylic acids is 1. The monoisotopic (exact) mass is 317 g/mol. The largest absolute Gasteiger partial charge is 0.416 e. The number of ether oxygens (including phenoxy) is 1. The number of benzene rings is 1. The second-order valence-electron chi connectivity index (χ2n) is 5.40. The second-order valence-corrected chi connectivity index (χ2v) is 6.61. The van der Waals surface area contributed by atoms with Gasteiger partial charge in [-0.25, -0.2) is 9.78 Å². The number of thiazole rings is 1. The molecule has 6 heteroatoms. The number of nitrogens with zero attached hydrogens (tertiary/aromatic N) is 3. The minimum Gasteiger partial charge on any atom is -0.390 e. The van der Waals surface area contributed by atoms with Gasteiger partial charge in [0.1, 0.15) is 5.01 Å². The summed E-state index contributed by atoms with van der Waals surface area (Å²) >= 11 is 1.54. The molecule has 0 radical (unpaired) electrons. The molecule has 2 aromatic rings. The average molecular weight is 317 g/mol. The average Bonchev–Trinajstić information content (AvgIpc) is 2.90. The zero-order chi connectivity index (χ0) is 15.5. The van der Waals surface area contributed by atoms with E-state index in [-0.39, 0.29) is 6.09 Å². The van der Waals surface area contributed by atoms with Crippen molar-refractivity contribution in [1.82, 2.24) is 14.8 Å². The molecule has 3 rings (SSSR count). The van der Waals surface area contributed by atoms with Gasteiger partial charge in [-0.1, -0.05) is 30.3 Å². The first-order valence-corrected chi connectivity index (χ1v) is 8.13. The Labute approximate surface area is 134 Å². The van der Waals surface area contributed by atoms with Crippen LogP contribution in [0, 0.1) is 6.92 Å². The summed E-state index contributed by atoms with van der Waals surface area (Å²) in [6.07, 6.45) is -0.305. The van der Waals surface area contributed by atoms with Crippen LogP contribution in [0.25, 0.3) is 10.6 Å². The van der Waals surface area contributed by atoms with Crippen LogP contribution >= 0.6 is 11.3 Å². The van der Waals surface area contributed by atoms with Crippen LogP contribution in [0.2, 0.25) is 0 Å². The van der Waals surface area contributed by atoms with Gasteiger partial charge in [0.25, 0.3) is 0 Å². The van der Waals surface area contributed by atoms with Crippen molar-refractivity contribution in [3.05, 3.63) is 35.2 Å². The van der Waals surface area contributed by atoms with Crippen molar-refractivity contribution in [3.8, 4) is 16.5 Å². The Balaban J connectivity index is 1.70. The molecule has 0 bridgehead atoms. The number of aromatic nitrogens is 1. The summed E-state index contributed by atoms with van der Waals surface area (Å²) in [7, 11) is 2.05. The molecule has 0 atom stereocenters. The van der Waals surface area contributed by atoms with Crippen LogP contribution in [-0.4, -0.2) is 54.1 Å². The minimum absolute atomic E-state index is 0.305. The Hall–Kier alpha value is -1.92. The Morgan fingerprint density at radius 1 is 1.18 bits per heavy atom. The zero-order valence-electron chi connectivity index (χ0n) is 12.8. The van der Waals surface area contributed by atoms with Gasteiger partial charge in [-0.15, -0.1) is 11.3 Å². The molecule has 2 heterocycles. The van der Waals surface area contributed by atoms with Crippen molar-refractivity contribution in [2.75, 3.05) is 33.2 Å². The van der Waals surface area contributed by atoms with Gasteiger partial charge in [0.2, 0.25) is 5.88 Å². The summed E-state index contributed by atoms with van der Waals surface area (Å²) < 4.78 is 5.49. The second kappa shape index (κ2) is 6.46. The van der Waals surface area contributed by atoms with Gasteiger partial charge in [0, 0.05) is 31.7 Å². The molecule has 0 unspecified atom stereocenters. The molecule has 1 aromatic heterocycles. The van der Waals surface area contributed by atoms with Crippen LogP contribution in [0.5, 0.6) is 5.88 Å². The van der Waals surface area contributed by atoms with Crippen LogP contribution < -0.4 is 4.74 Å². The molecule has 1 aliphatic rings. The first-order valence-electron chi connectivity index (χ1n) is 7.31. The number of carbonyl (C=O) groups is 1. The number of rotatable bonds is 2. The Kier molecular flexibility index (Phi) is 4.40. The predicted octanol–water partition coefficient (Wildman–Crippen LogP) is 2.86. The molecule has 1 amide bonds. The fraction of sp³-hybridized carbons (Fsp3) is 0.375. The van der Waals surface area contributed by atoms with Crippen molar-refractivity contribution >= 4 is 17.4 Å². The molecule has 0 spiro atoms. The molecule has 22 heavy (non-hydrogen) atoms. The summed E-state index contributed by atoms with van der Waals surface area (Å²) in [5.74, 6) is 0.424. The van der Waals surface area contributed by atoms with Crippen LogP contribution in [0.3, 0.4) is 0 Å². The SMILES string of the molecule is Cc1sc(-c2ccccc2)nc1OC(=O)N1CCN(C)CC1. The van der Waals surface area contributed by atoms with Crippen LogP contribution in [0.1, 0.15) is 4.88 Å². The molecule has 1 aromatic carbocycles. The van der Waals surface area contributed by atoms with Gasteiger partial charge in [-0.2, -0.15) is 0 Å². The molecule has 116 valence electrons. The number of hydrogen-bond donors (Lipinski definition) is 0. The van der Waals surface area contributed by atoms with E-state index in [0.29, 0.717) is 19.0 Å². The number of hydrogen-bond acceptors (Lipinski definition) is 5. The molecule has 0 saturated carbocycles. The fourth-order valence-corrected chi connectivity index (χ4v) is 3.16. The van der Waals surface area contributed by atoms with Crippen LogP contribution in [0.15, 0.2) is 30.3 Å². The van der Waals surface area contributed by atoms with E-state index in [4.69, 9.17) is 4.74 Å². The molecular weight excluding hydrogens is 298 g/mol.